The minimum atomic E-state index is -0.497. The van der Waals surface area contributed by atoms with E-state index in [-0.39, 0.29) is 12.3 Å². The number of fused-ring (bicyclic) bond motifs is 1. The molecule has 3 heterocycles. The standard InChI is InChI=1S/C24H23ClN4O3S/c1-3-19-21(23(31)32-2)22(15-7-6-8-16(25)11-15)29-18(14-33-24(29)28-19)12-20(30)27-13-17-9-4-5-10-26-17/h4-11,14,22H,3,12-13H2,1-2H3,(H,27,30). The summed E-state index contributed by atoms with van der Waals surface area (Å²) in [6.07, 6.45) is 2.39. The van der Waals surface area contributed by atoms with Crippen molar-refractivity contribution in [2.45, 2.75) is 32.4 Å². The van der Waals surface area contributed by atoms with E-state index in [1.165, 1.54) is 18.9 Å². The number of benzene rings is 1. The zero-order valence-corrected chi connectivity index (χ0v) is 19.8. The summed E-state index contributed by atoms with van der Waals surface area (Å²) in [5.41, 5.74) is 3.47. The summed E-state index contributed by atoms with van der Waals surface area (Å²) in [7, 11) is 1.36. The van der Waals surface area contributed by atoms with E-state index in [2.05, 4.69) is 10.3 Å². The second-order valence-corrected chi connectivity index (χ2v) is 8.70. The van der Waals surface area contributed by atoms with E-state index in [0.717, 1.165) is 22.1 Å². The Hall–Kier alpha value is -3.10. The molecule has 2 aromatic rings. The summed E-state index contributed by atoms with van der Waals surface area (Å²) in [6.45, 7) is 2.29. The number of amides is 1. The van der Waals surface area contributed by atoms with Gasteiger partial charge in [0.15, 0.2) is 5.17 Å². The average Bonchev–Trinajstić information content (AvgIpc) is 3.23. The van der Waals surface area contributed by atoms with Crippen LogP contribution in [0.2, 0.25) is 5.02 Å². The maximum Gasteiger partial charge on any atom is 0.338 e. The average molecular weight is 483 g/mol. The number of aliphatic imine (C=N–C) groups is 1. The number of halogens is 1. The first-order valence-electron chi connectivity index (χ1n) is 10.5. The Morgan fingerprint density at radius 1 is 1.24 bits per heavy atom. The van der Waals surface area contributed by atoms with E-state index >= 15 is 0 Å². The Kier molecular flexibility index (Phi) is 7.15. The van der Waals surface area contributed by atoms with Crippen LogP contribution in [-0.2, 0) is 20.9 Å². The maximum absolute atomic E-state index is 12.9. The molecule has 0 saturated carbocycles. The number of hydrogen-bond donors (Lipinski definition) is 1. The van der Waals surface area contributed by atoms with E-state index in [4.69, 9.17) is 21.3 Å². The Bertz CT molecular complexity index is 1160. The van der Waals surface area contributed by atoms with Crippen LogP contribution in [0.5, 0.6) is 0 Å². The fourth-order valence-corrected chi connectivity index (χ4v) is 4.96. The van der Waals surface area contributed by atoms with Gasteiger partial charge in [-0.2, -0.15) is 0 Å². The molecule has 0 radical (unpaired) electrons. The number of carbonyl (C=O) groups is 2. The fourth-order valence-electron chi connectivity index (χ4n) is 3.82. The Balaban J connectivity index is 1.64. The minimum absolute atomic E-state index is 0.131. The third-order valence-corrected chi connectivity index (χ3v) is 6.45. The Morgan fingerprint density at radius 2 is 2.09 bits per heavy atom. The van der Waals surface area contributed by atoms with Crippen LogP contribution < -0.4 is 5.32 Å². The number of methoxy groups -OCH3 is 1. The molecule has 1 amide bonds. The molecule has 2 aliphatic rings. The smallest absolute Gasteiger partial charge is 0.338 e. The third-order valence-electron chi connectivity index (χ3n) is 5.33. The van der Waals surface area contributed by atoms with Crippen molar-refractivity contribution < 1.29 is 14.3 Å². The van der Waals surface area contributed by atoms with Gasteiger partial charge in [-0.3, -0.25) is 9.78 Å². The molecule has 1 unspecified atom stereocenters. The first kappa shape index (κ1) is 23.1. The highest BCUT2D eigenvalue weighted by atomic mass is 35.5. The van der Waals surface area contributed by atoms with Crippen LogP contribution in [0.3, 0.4) is 0 Å². The van der Waals surface area contributed by atoms with Crippen molar-refractivity contribution in [2.24, 2.45) is 4.99 Å². The highest BCUT2D eigenvalue weighted by Crippen LogP contribution is 2.45. The molecular weight excluding hydrogens is 460 g/mol. The van der Waals surface area contributed by atoms with Crippen molar-refractivity contribution in [2.75, 3.05) is 7.11 Å². The molecule has 1 aromatic heterocycles. The molecular formula is C24H23ClN4O3S. The molecule has 0 fully saturated rings. The number of amidine groups is 1. The lowest BCUT2D eigenvalue weighted by Crippen LogP contribution is -2.38. The maximum atomic E-state index is 12.9. The van der Waals surface area contributed by atoms with Gasteiger partial charge in [-0.15, -0.1) is 0 Å². The van der Waals surface area contributed by atoms with Gasteiger partial charge < -0.3 is 15.0 Å². The van der Waals surface area contributed by atoms with Crippen LogP contribution >= 0.6 is 23.4 Å². The van der Waals surface area contributed by atoms with Gasteiger partial charge in [-0.1, -0.05) is 48.5 Å². The van der Waals surface area contributed by atoms with Gasteiger partial charge in [0.05, 0.1) is 43.1 Å². The van der Waals surface area contributed by atoms with Crippen LogP contribution in [-0.4, -0.2) is 34.0 Å². The van der Waals surface area contributed by atoms with E-state index in [0.29, 0.717) is 29.3 Å². The summed E-state index contributed by atoms with van der Waals surface area (Å²) in [5.74, 6) is -0.598. The number of esters is 1. The van der Waals surface area contributed by atoms with Crippen molar-refractivity contribution in [3.63, 3.8) is 0 Å². The van der Waals surface area contributed by atoms with Crippen molar-refractivity contribution in [1.29, 1.82) is 0 Å². The molecule has 1 aromatic carbocycles. The topological polar surface area (TPSA) is 83.9 Å². The molecule has 2 aliphatic heterocycles. The summed E-state index contributed by atoms with van der Waals surface area (Å²) in [4.78, 5) is 36.5. The predicted molar refractivity (Wildman–Crippen MR) is 129 cm³/mol. The third kappa shape index (κ3) is 4.96. The number of thioether (sulfide) groups is 1. The van der Waals surface area contributed by atoms with Crippen molar-refractivity contribution >= 4 is 40.4 Å². The molecule has 0 aliphatic carbocycles. The fraction of sp³-hybridized carbons (Fsp3) is 0.250. The molecule has 0 saturated heterocycles. The Morgan fingerprint density at radius 3 is 2.79 bits per heavy atom. The number of aromatic nitrogens is 1. The lowest BCUT2D eigenvalue weighted by molar-refractivity contribution is -0.136. The number of hydrogen-bond acceptors (Lipinski definition) is 7. The van der Waals surface area contributed by atoms with E-state index in [9.17, 15) is 9.59 Å². The first-order valence-corrected chi connectivity index (χ1v) is 11.7. The largest absolute Gasteiger partial charge is 0.466 e. The van der Waals surface area contributed by atoms with Crippen LogP contribution in [0.15, 0.2) is 76.0 Å². The SMILES string of the molecule is CCC1=C(C(=O)OC)C(c2cccc(Cl)c2)N2C(CC(=O)NCc3ccccn3)=CSC2=N1. The summed E-state index contributed by atoms with van der Waals surface area (Å²) >= 11 is 7.72. The Labute approximate surface area is 201 Å². The highest BCUT2D eigenvalue weighted by Gasteiger charge is 2.41. The quantitative estimate of drug-likeness (QED) is 0.581. The monoisotopic (exact) mass is 482 g/mol. The number of ether oxygens (including phenoxy) is 1. The van der Waals surface area contributed by atoms with Gasteiger partial charge in [0, 0.05) is 16.9 Å². The van der Waals surface area contributed by atoms with Crippen molar-refractivity contribution in [1.82, 2.24) is 15.2 Å². The number of nitrogens with zero attached hydrogens (tertiary/aromatic N) is 3. The number of pyridine rings is 1. The molecule has 7 nitrogen and oxygen atoms in total. The van der Waals surface area contributed by atoms with E-state index in [1.807, 2.05) is 53.6 Å². The van der Waals surface area contributed by atoms with Gasteiger partial charge in [0.1, 0.15) is 0 Å². The number of carbonyl (C=O) groups excluding carboxylic acids is 2. The molecule has 9 heteroatoms. The summed E-state index contributed by atoms with van der Waals surface area (Å²) in [5, 5.41) is 6.09. The van der Waals surface area contributed by atoms with Crippen LogP contribution in [0, 0.1) is 0 Å². The van der Waals surface area contributed by atoms with Gasteiger partial charge in [-0.05, 0) is 41.7 Å². The van der Waals surface area contributed by atoms with Gasteiger partial charge >= 0.3 is 5.97 Å². The van der Waals surface area contributed by atoms with Gasteiger partial charge in [0.25, 0.3) is 0 Å². The van der Waals surface area contributed by atoms with Gasteiger partial charge in [-0.25, -0.2) is 9.79 Å². The van der Waals surface area contributed by atoms with Crippen LogP contribution in [0.25, 0.3) is 0 Å². The number of rotatable bonds is 7. The molecule has 0 spiro atoms. The zero-order valence-electron chi connectivity index (χ0n) is 18.2. The summed E-state index contributed by atoms with van der Waals surface area (Å²) in [6, 6.07) is 12.4. The summed E-state index contributed by atoms with van der Waals surface area (Å²) < 4.78 is 5.12. The lowest BCUT2D eigenvalue weighted by atomic mass is 9.93. The van der Waals surface area contributed by atoms with Crippen molar-refractivity contribution in [3.8, 4) is 0 Å². The second kappa shape index (κ2) is 10.2. The highest BCUT2D eigenvalue weighted by molar-refractivity contribution is 8.16. The molecule has 170 valence electrons. The molecule has 1 N–H and O–H groups in total. The molecule has 4 rings (SSSR count). The number of nitrogens with one attached hydrogen (secondary N) is 1. The van der Waals surface area contributed by atoms with Crippen molar-refractivity contribution in [3.05, 3.63) is 87.3 Å². The molecule has 33 heavy (non-hydrogen) atoms. The van der Waals surface area contributed by atoms with E-state index < -0.39 is 12.0 Å². The lowest BCUT2D eigenvalue weighted by Gasteiger charge is -2.36. The zero-order chi connectivity index (χ0) is 23.4. The number of allylic oxidation sites excluding steroid dienone is 1. The normalized spacial score (nSPS) is 17.3. The van der Waals surface area contributed by atoms with Crippen LogP contribution in [0.1, 0.15) is 37.1 Å². The van der Waals surface area contributed by atoms with Gasteiger partial charge in [0.2, 0.25) is 5.91 Å². The second-order valence-electron chi connectivity index (χ2n) is 7.43. The van der Waals surface area contributed by atoms with E-state index in [1.54, 1.807) is 12.3 Å². The predicted octanol–water partition coefficient (Wildman–Crippen LogP) is 4.58. The molecule has 0 bridgehead atoms. The molecule has 1 atom stereocenters. The minimum Gasteiger partial charge on any atom is -0.466 e. The first-order chi connectivity index (χ1) is 16.0. The van der Waals surface area contributed by atoms with Crippen LogP contribution in [0.4, 0.5) is 0 Å².